The zero-order chi connectivity index (χ0) is 11.7. The van der Waals surface area contributed by atoms with Crippen LogP contribution in [0, 0.1) is 6.92 Å². The van der Waals surface area contributed by atoms with Crippen molar-refractivity contribution < 1.29 is 4.42 Å². The van der Waals surface area contributed by atoms with Crippen molar-refractivity contribution in [2.24, 2.45) is 5.73 Å². The molecular formula is C12H21N3O. The Bertz CT molecular complexity index is 350. The maximum atomic E-state index is 5.96. The molecule has 2 heterocycles. The van der Waals surface area contributed by atoms with E-state index >= 15 is 0 Å². The third-order valence-electron chi connectivity index (χ3n) is 3.46. The summed E-state index contributed by atoms with van der Waals surface area (Å²) in [5.41, 5.74) is 5.96. The van der Waals surface area contributed by atoms with Crippen LogP contribution in [0.3, 0.4) is 0 Å². The number of hydrogen-bond donors (Lipinski definition) is 1. The van der Waals surface area contributed by atoms with E-state index in [1.165, 1.54) is 0 Å². The van der Waals surface area contributed by atoms with Crippen LogP contribution < -0.4 is 5.73 Å². The fraction of sp³-hybridized carbons (Fsp3) is 0.750. The zero-order valence-electron chi connectivity index (χ0n) is 10.3. The SMILES string of the molecule is Cc1cnc(C(C)N2CCC(N)CC2C)o1. The Morgan fingerprint density at radius 1 is 1.62 bits per heavy atom. The molecule has 2 rings (SSSR count). The minimum absolute atomic E-state index is 0.246. The molecule has 1 aromatic rings. The predicted octanol–water partition coefficient (Wildman–Crippen LogP) is 1.86. The molecular weight excluding hydrogens is 202 g/mol. The fourth-order valence-corrected chi connectivity index (χ4v) is 2.51. The minimum Gasteiger partial charge on any atom is -0.444 e. The van der Waals surface area contributed by atoms with Crippen molar-refractivity contribution in [1.82, 2.24) is 9.88 Å². The number of aromatic nitrogens is 1. The second kappa shape index (κ2) is 4.55. The summed E-state index contributed by atoms with van der Waals surface area (Å²) in [7, 11) is 0. The van der Waals surface area contributed by atoms with Crippen LogP contribution in [0.5, 0.6) is 0 Å². The molecule has 3 unspecified atom stereocenters. The summed E-state index contributed by atoms with van der Waals surface area (Å²) in [6.45, 7) is 7.34. The van der Waals surface area contributed by atoms with E-state index in [1.54, 1.807) is 6.20 Å². The molecule has 4 heteroatoms. The molecule has 1 aliphatic heterocycles. The van der Waals surface area contributed by atoms with Gasteiger partial charge >= 0.3 is 0 Å². The summed E-state index contributed by atoms with van der Waals surface area (Å²) in [6, 6.07) is 1.10. The predicted molar refractivity (Wildman–Crippen MR) is 63.0 cm³/mol. The smallest absolute Gasteiger partial charge is 0.211 e. The van der Waals surface area contributed by atoms with Gasteiger partial charge in [0.2, 0.25) is 5.89 Å². The van der Waals surface area contributed by atoms with Gasteiger partial charge in [-0.05, 0) is 33.6 Å². The average Bonchev–Trinajstić information content (AvgIpc) is 2.64. The first-order chi connectivity index (χ1) is 7.58. The quantitative estimate of drug-likeness (QED) is 0.831. The van der Waals surface area contributed by atoms with Gasteiger partial charge in [-0.25, -0.2) is 4.98 Å². The van der Waals surface area contributed by atoms with Crippen LogP contribution in [0.4, 0.5) is 0 Å². The molecule has 1 fully saturated rings. The maximum absolute atomic E-state index is 5.96. The number of nitrogens with zero attached hydrogens (tertiary/aromatic N) is 2. The zero-order valence-corrected chi connectivity index (χ0v) is 10.3. The average molecular weight is 223 g/mol. The Labute approximate surface area is 96.8 Å². The number of aryl methyl sites for hydroxylation is 1. The topological polar surface area (TPSA) is 55.3 Å². The van der Waals surface area contributed by atoms with E-state index in [9.17, 15) is 0 Å². The van der Waals surface area contributed by atoms with Crippen molar-refractivity contribution in [3.8, 4) is 0 Å². The molecule has 4 nitrogen and oxygen atoms in total. The van der Waals surface area contributed by atoms with Gasteiger partial charge in [0.05, 0.1) is 12.2 Å². The number of piperidine rings is 1. The van der Waals surface area contributed by atoms with Gasteiger partial charge in [-0.3, -0.25) is 4.90 Å². The van der Waals surface area contributed by atoms with Crippen LogP contribution in [0.25, 0.3) is 0 Å². The monoisotopic (exact) mass is 223 g/mol. The number of nitrogens with two attached hydrogens (primary N) is 1. The molecule has 0 amide bonds. The molecule has 90 valence electrons. The van der Waals surface area contributed by atoms with Crippen molar-refractivity contribution >= 4 is 0 Å². The fourth-order valence-electron chi connectivity index (χ4n) is 2.51. The van der Waals surface area contributed by atoms with Gasteiger partial charge < -0.3 is 10.2 Å². The van der Waals surface area contributed by atoms with E-state index in [0.29, 0.717) is 12.1 Å². The van der Waals surface area contributed by atoms with Gasteiger partial charge in [-0.15, -0.1) is 0 Å². The van der Waals surface area contributed by atoms with Crippen molar-refractivity contribution in [2.75, 3.05) is 6.54 Å². The van der Waals surface area contributed by atoms with E-state index in [4.69, 9.17) is 10.2 Å². The van der Waals surface area contributed by atoms with Crippen molar-refractivity contribution in [3.63, 3.8) is 0 Å². The minimum atomic E-state index is 0.246. The van der Waals surface area contributed by atoms with Gasteiger partial charge in [0.15, 0.2) is 0 Å². The van der Waals surface area contributed by atoms with Gasteiger partial charge in [-0.2, -0.15) is 0 Å². The van der Waals surface area contributed by atoms with Crippen LogP contribution in [0.2, 0.25) is 0 Å². The summed E-state index contributed by atoms with van der Waals surface area (Å²) >= 11 is 0. The molecule has 1 aliphatic rings. The summed E-state index contributed by atoms with van der Waals surface area (Å²) in [5.74, 6) is 1.70. The Kier molecular flexibility index (Phi) is 3.30. The normalized spacial score (nSPS) is 29.2. The van der Waals surface area contributed by atoms with Gasteiger partial charge in [0.25, 0.3) is 0 Å². The Morgan fingerprint density at radius 3 is 2.94 bits per heavy atom. The third kappa shape index (κ3) is 2.28. The Morgan fingerprint density at radius 2 is 2.38 bits per heavy atom. The molecule has 0 aromatic carbocycles. The van der Waals surface area contributed by atoms with Gasteiger partial charge in [-0.1, -0.05) is 0 Å². The molecule has 16 heavy (non-hydrogen) atoms. The number of hydrogen-bond acceptors (Lipinski definition) is 4. The molecule has 2 N–H and O–H groups in total. The van der Waals surface area contributed by atoms with Crippen LogP contribution in [-0.4, -0.2) is 28.5 Å². The van der Waals surface area contributed by atoms with Crippen LogP contribution in [0.15, 0.2) is 10.6 Å². The summed E-state index contributed by atoms with van der Waals surface area (Å²) in [4.78, 5) is 6.73. The van der Waals surface area contributed by atoms with E-state index in [0.717, 1.165) is 31.0 Å². The van der Waals surface area contributed by atoms with Crippen molar-refractivity contribution in [3.05, 3.63) is 17.8 Å². The first-order valence-electron chi connectivity index (χ1n) is 6.01. The van der Waals surface area contributed by atoms with Crippen molar-refractivity contribution in [1.29, 1.82) is 0 Å². The maximum Gasteiger partial charge on any atom is 0.211 e. The molecule has 0 radical (unpaired) electrons. The molecule has 0 spiro atoms. The number of oxazole rings is 1. The molecule has 0 bridgehead atoms. The van der Waals surface area contributed by atoms with Crippen LogP contribution in [-0.2, 0) is 0 Å². The summed E-state index contributed by atoms with van der Waals surface area (Å²) in [5, 5.41) is 0. The van der Waals surface area contributed by atoms with Gasteiger partial charge in [0.1, 0.15) is 5.76 Å². The third-order valence-corrected chi connectivity index (χ3v) is 3.46. The Balaban J connectivity index is 2.07. The standard InChI is InChI=1S/C12H21N3O/c1-8-6-11(13)4-5-15(8)10(3)12-14-7-9(2)16-12/h7-8,10-11H,4-6,13H2,1-3H3. The number of rotatable bonds is 2. The van der Waals surface area contributed by atoms with E-state index in [2.05, 4.69) is 23.7 Å². The second-order valence-electron chi connectivity index (χ2n) is 4.86. The van der Waals surface area contributed by atoms with E-state index in [1.807, 2.05) is 6.92 Å². The highest BCUT2D eigenvalue weighted by Crippen LogP contribution is 2.27. The molecule has 0 saturated carbocycles. The van der Waals surface area contributed by atoms with Crippen LogP contribution >= 0.6 is 0 Å². The molecule has 3 atom stereocenters. The second-order valence-corrected chi connectivity index (χ2v) is 4.86. The first-order valence-corrected chi connectivity index (χ1v) is 6.01. The lowest BCUT2D eigenvalue weighted by molar-refractivity contribution is 0.0892. The Hall–Kier alpha value is -0.870. The van der Waals surface area contributed by atoms with E-state index in [-0.39, 0.29) is 6.04 Å². The molecule has 1 saturated heterocycles. The van der Waals surface area contributed by atoms with Crippen LogP contribution in [0.1, 0.15) is 44.4 Å². The largest absolute Gasteiger partial charge is 0.444 e. The van der Waals surface area contributed by atoms with Crippen molar-refractivity contribution in [2.45, 2.75) is 51.7 Å². The highest BCUT2D eigenvalue weighted by atomic mass is 16.4. The molecule has 1 aromatic heterocycles. The van der Waals surface area contributed by atoms with Gasteiger partial charge in [0, 0.05) is 18.6 Å². The lowest BCUT2D eigenvalue weighted by Crippen LogP contribution is -2.46. The highest BCUT2D eigenvalue weighted by Gasteiger charge is 2.29. The highest BCUT2D eigenvalue weighted by molar-refractivity contribution is 4.97. The lowest BCUT2D eigenvalue weighted by Gasteiger charge is -2.39. The number of likely N-dealkylation sites (tertiary alicyclic amines) is 1. The molecule has 0 aliphatic carbocycles. The first kappa shape index (κ1) is 11.6. The summed E-state index contributed by atoms with van der Waals surface area (Å²) in [6.07, 6.45) is 3.91. The van der Waals surface area contributed by atoms with E-state index < -0.39 is 0 Å². The lowest BCUT2D eigenvalue weighted by atomic mass is 9.97. The summed E-state index contributed by atoms with van der Waals surface area (Å²) < 4.78 is 5.59.